The Balaban J connectivity index is 0.00000235. The number of thioether (sulfide) groups is 1. The molecule has 1 N–H and O–H groups in total. The molecule has 142 valence electrons. The van der Waals surface area contributed by atoms with E-state index < -0.39 is 0 Å². The Morgan fingerprint density at radius 3 is 2.21 bits per heavy atom. The molecule has 0 amide bonds. The summed E-state index contributed by atoms with van der Waals surface area (Å²) in [6.45, 7) is 1.69. The summed E-state index contributed by atoms with van der Waals surface area (Å²) in [7, 11) is 1.00. The van der Waals surface area contributed by atoms with Crippen LogP contribution < -0.4 is 10.2 Å². The fourth-order valence-corrected chi connectivity index (χ4v) is 2.14. The number of aliphatic hydroxyl groups excluding tert-OH is 1. The summed E-state index contributed by atoms with van der Waals surface area (Å²) in [6, 6.07) is 15.6. The Labute approximate surface area is 182 Å². The first-order valence-electron chi connectivity index (χ1n) is 7.95. The number of para-hydroxylation sites is 1. The zero-order chi connectivity index (χ0) is 20.1. The van der Waals surface area contributed by atoms with Gasteiger partial charge in [-0.15, -0.1) is 10.9 Å². The Kier molecular flexibility index (Phi) is 13.5. The number of amidine groups is 1. The number of allylic oxidation sites excluding steroid dienone is 1. The number of nitrogens with zero attached hydrogens (tertiary/aromatic N) is 3. The molecule has 2 aromatic rings. The molecule has 0 fully saturated rings. The maximum Gasteiger partial charge on any atom is 2.00 e. The maximum absolute atomic E-state index is 12.1. The molecule has 2 rings (SSSR count). The molecule has 0 aliphatic heterocycles. The summed E-state index contributed by atoms with van der Waals surface area (Å²) in [5, 5.41) is 39.1. The first-order chi connectivity index (χ1) is 13.1. The van der Waals surface area contributed by atoms with Crippen molar-refractivity contribution in [1.82, 2.24) is 0 Å². The second-order valence-electron chi connectivity index (χ2n) is 5.00. The van der Waals surface area contributed by atoms with Gasteiger partial charge in [-0.05, 0) is 30.4 Å². The van der Waals surface area contributed by atoms with Crippen LogP contribution in [-0.4, -0.2) is 35.6 Å². The van der Waals surface area contributed by atoms with E-state index in [4.69, 9.17) is 5.11 Å². The van der Waals surface area contributed by atoms with Gasteiger partial charge < -0.3 is 15.3 Å². The third-order valence-corrected chi connectivity index (χ3v) is 3.66. The van der Waals surface area contributed by atoms with Crippen molar-refractivity contribution in [3.63, 3.8) is 0 Å². The minimum atomic E-state index is -0.133. The van der Waals surface area contributed by atoms with Crippen LogP contribution in [0.4, 0.5) is 0 Å². The van der Waals surface area contributed by atoms with E-state index in [2.05, 4.69) is 15.2 Å². The van der Waals surface area contributed by atoms with Gasteiger partial charge in [-0.2, -0.15) is 5.10 Å². The molecule has 0 saturated carbocycles. The van der Waals surface area contributed by atoms with Gasteiger partial charge in [0.1, 0.15) is 0 Å². The molecule has 0 aliphatic carbocycles. The van der Waals surface area contributed by atoms with E-state index in [1.165, 1.54) is 30.1 Å². The van der Waals surface area contributed by atoms with Crippen LogP contribution in [0.3, 0.4) is 0 Å². The van der Waals surface area contributed by atoms with Crippen LogP contribution >= 0.6 is 11.8 Å². The molecule has 8 heteroatoms. The molecule has 2 aromatic carbocycles. The number of aliphatic hydroxyl groups is 1. The van der Waals surface area contributed by atoms with Crippen molar-refractivity contribution in [2.45, 2.75) is 6.92 Å². The van der Waals surface area contributed by atoms with Crippen molar-refractivity contribution in [3.8, 4) is 5.75 Å². The summed E-state index contributed by atoms with van der Waals surface area (Å²) < 4.78 is 0. The van der Waals surface area contributed by atoms with Gasteiger partial charge in [0, 0.05) is 13.3 Å². The van der Waals surface area contributed by atoms with Crippen molar-refractivity contribution in [2.24, 2.45) is 15.2 Å². The fraction of sp³-hybridized carbons (Fsp3) is 0.150. The molecule has 0 aromatic heterocycles. The normalized spacial score (nSPS) is 12.2. The SMILES string of the molecule is CO.CSC(/N=C/c1ccccc1[O-])=N/N=C(C)/C=C(\[O-])c1ccccc1.[Zn+2]. The number of benzene rings is 2. The van der Waals surface area contributed by atoms with Crippen molar-refractivity contribution in [3.05, 3.63) is 71.8 Å². The number of rotatable bonds is 4. The topological polar surface area (TPSA) is 103 Å². The molecular formula is C20H21N3O3SZn. The smallest absolute Gasteiger partial charge is 0.872 e. The second kappa shape index (κ2) is 14.7. The molecule has 0 spiro atoms. The van der Waals surface area contributed by atoms with Gasteiger partial charge >= 0.3 is 19.5 Å². The Morgan fingerprint density at radius 1 is 1.00 bits per heavy atom. The first-order valence-corrected chi connectivity index (χ1v) is 9.18. The summed E-state index contributed by atoms with van der Waals surface area (Å²) in [4.78, 5) is 4.16. The largest absolute Gasteiger partial charge is 2.00 e. The van der Waals surface area contributed by atoms with Gasteiger partial charge in [0.2, 0.25) is 5.17 Å². The standard InChI is InChI=1S/C19H19N3O2S.CH4O.Zn/c1-14(12-18(24)15-8-4-3-5-9-15)21-22-19(25-2)20-13-16-10-6-7-11-17(16)23;1-2;/h3-13,23-24H,1-2H3;2H,1H3;/q;;+2/p-2/b18-12-,20-13+,21-14+,22-19+;;. The van der Waals surface area contributed by atoms with E-state index >= 15 is 0 Å². The van der Waals surface area contributed by atoms with Crippen LogP contribution in [0, 0.1) is 0 Å². The van der Waals surface area contributed by atoms with Gasteiger partial charge in [-0.1, -0.05) is 72.1 Å². The van der Waals surface area contributed by atoms with E-state index in [-0.39, 0.29) is 31.0 Å². The van der Waals surface area contributed by atoms with E-state index in [1.54, 1.807) is 49.4 Å². The molecule has 0 atom stereocenters. The number of aliphatic imine (C=N–C) groups is 1. The van der Waals surface area contributed by atoms with E-state index in [0.717, 1.165) is 7.11 Å². The van der Waals surface area contributed by atoms with Gasteiger partial charge in [-0.25, -0.2) is 4.99 Å². The molecule has 6 nitrogen and oxygen atoms in total. The average Bonchev–Trinajstić information content (AvgIpc) is 2.71. The van der Waals surface area contributed by atoms with Gasteiger partial charge in [0.25, 0.3) is 0 Å². The zero-order valence-corrected chi connectivity index (χ0v) is 19.9. The van der Waals surface area contributed by atoms with Crippen LogP contribution in [0.15, 0.2) is 75.9 Å². The fourth-order valence-electron chi connectivity index (χ4n) is 1.86. The molecular weight excluding hydrogens is 428 g/mol. The summed E-state index contributed by atoms with van der Waals surface area (Å²) in [6.07, 6.45) is 4.69. The molecule has 0 radical (unpaired) electrons. The van der Waals surface area contributed by atoms with Crippen molar-refractivity contribution < 1.29 is 34.8 Å². The van der Waals surface area contributed by atoms with Crippen LogP contribution in [0.25, 0.3) is 5.76 Å². The molecule has 0 heterocycles. The monoisotopic (exact) mass is 447 g/mol. The zero-order valence-electron chi connectivity index (χ0n) is 16.1. The predicted molar refractivity (Wildman–Crippen MR) is 110 cm³/mol. The van der Waals surface area contributed by atoms with Gasteiger partial charge in [0.05, 0.1) is 5.71 Å². The summed E-state index contributed by atoms with van der Waals surface area (Å²) in [5.41, 5.74) is 1.55. The van der Waals surface area contributed by atoms with Crippen LogP contribution in [0.1, 0.15) is 18.1 Å². The van der Waals surface area contributed by atoms with Crippen LogP contribution in [0.2, 0.25) is 0 Å². The van der Waals surface area contributed by atoms with E-state index in [1.807, 2.05) is 12.3 Å². The van der Waals surface area contributed by atoms with Gasteiger partial charge in [-0.3, -0.25) is 0 Å². The molecule has 0 unspecified atom stereocenters. The Hall–Kier alpha value is -2.28. The predicted octanol–water partition coefficient (Wildman–Crippen LogP) is 2.28. The number of hydrogen-bond donors (Lipinski definition) is 1. The maximum atomic E-state index is 12.1. The summed E-state index contributed by atoms with van der Waals surface area (Å²) in [5.74, 6) is -0.236. The Morgan fingerprint density at radius 2 is 1.61 bits per heavy atom. The van der Waals surface area contributed by atoms with Gasteiger partial charge in [0.15, 0.2) is 0 Å². The van der Waals surface area contributed by atoms with Crippen molar-refractivity contribution >= 4 is 34.6 Å². The minimum absolute atomic E-state index is 0. The average molecular weight is 449 g/mol. The first kappa shape index (κ1) is 25.7. The van der Waals surface area contributed by atoms with Crippen LogP contribution in [0.5, 0.6) is 5.75 Å². The molecule has 0 saturated heterocycles. The van der Waals surface area contributed by atoms with Crippen molar-refractivity contribution in [1.29, 1.82) is 0 Å². The van der Waals surface area contributed by atoms with E-state index in [9.17, 15) is 10.2 Å². The Bertz CT molecular complexity index is 838. The molecule has 28 heavy (non-hydrogen) atoms. The molecule has 0 bridgehead atoms. The van der Waals surface area contributed by atoms with Crippen molar-refractivity contribution in [2.75, 3.05) is 13.4 Å². The third kappa shape index (κ3) is 9.08. The van der Waals surface area contributed by atoms with Crippen LogP contribution in [-0.2, 0) is 19.5 Å². The van der Waals surface area contributed by atoms with E-state index in [0.29, 0.717) is 22.0 Å². The minimum Gasteiger partial charge on any atom is -0.872 e. The second-order valence-corrected chi connectivity index (χ2v) is 5.77. The quantitative estimate of drug-likeness (QED) is 0.255. The third-order valence-electron chi connectivity index (χ3n) is 3.11. The summed E-state index contributed by atoms with van der Waals surface area (Å²) >= 11 is 1.30. The number of hydrogen-bond acceptors (Lipinski definition) is 6. The molecule has 0 aliphatic rings.